The van der Waals surface area contributed by atoms with E-state index in [4.69, 9.17) is 4.74 Å². The van der Waals surface area contributed by atoms with Gasteiger partial charge in [0, 0.05) is 6.92 Å². The summed E-state index contributed by atoms with van der Waals surface area (Å²) in [6.45, 7) is 9.68. The van der Waals surface area contributed by atoms with Gasteiger partial charge in [-0.3, -0.25) is 4.79 Å². The highest BCUT2D eigenvalue weighted by atomic mass is 16.5. The largest absolute Gasteiger partial charge is 0.462 e. The zero-order valence-electron chi connectivity index (χ0n) is 9.38. The van der Waals surface area contributed by atoms with Crippen molar-refractivity contribution in [1.29, 1.82) is 0 Å². The fraction of sp³-hybridized carbons (Fsp3) is 0.750. The summed E-state index contributed by atoms with van der Waals surface area (Å²) in [5.74, 6) is 0.870. The van der Waals surface area contributed by atoms with Gasteiger partial charge >= 0.3 is 5.97 Å². The molecule has 0 aromatic carbocycles. The van der Waals surface area contributed by atoms with Crippen LogP contribution in [0.25, 0.3) is 0 Å². The van der Waals surface area contributed by atoms with Gasteiger partial charge in [0.15, 0.2) is 0 Å². The first-order chi connectivity index (χ1) is 6.50. The summed E-state index contributed by atoms with van der Waals surface area (Å²) in [5, 5.41) is 0. The van der Waals surface area contributed by atoms with Gasteiger partial charge in [-0.1, -0.05) is 19.1 Å². The zero-order valence-corrected chi connectivity index (χ0v) is 9.38. The lowest BCUT2D eigenvalue weighted by atomic mass is 9.78. The van der Waals surface area contributed by atoms with Crippen molar-refractivity contribution in [1.82, 2.24) is 0 Å². The molecule has 1 saturated carbocycles. The fourth-order valence-electron chi connectivity index (χ4n) is 2.11. The third-order valence-electron chi connectivity index (χ3n) is 3.14. The molecule has 0 heterocycles. The Bertz CT molecular complexity index is 232. The number of rotatable bonds is 2. The molecule has 1 rings (SSSR count). The predicted molar refractivity (Wildman–Crippen MR) is 56.9 cm³/mol. The molecule has 3 atom stereocenters. The molecule has 80 valence electrons. The summed E-state index contributed by atoms with van der Waals surface area (Å²) in [5.41, 5.74) is 1.22. The Morgan fingerprint density at radius 3 is 2.50 bits per heavy atom. The average molecular weight is 196 g/mol. The Hall–Kier alpha value is -0.790. The molecule has 0 aliphatic heterocycles. The van der Waals surface area contributed by atoms with Gasteiger partial charge in [0.25, 0.3) is 0 Å². The summed E-state index contributed by atoms with van der Waals surface area (Å²) in [4.78, 5) is 10.9. The van der Waals surface area contributed by atoms with Gasteiger partial charge in [-0.05, 0) is 38.0 Å². The van der Waals surface area contributed by atoms with E-state index in [-0.39, 0.29) is 12.1 Å². The van der Waals surface area contributed by atoms with Crippen molar-refractivity contribution in [2.75, 3.05) is 0 Å². The van der Waals surface area contributed by atoms with Crippen molar-refractivity contribution >= 4 is 5.97 Å². The molecule has 0 N–H and O–H groups in total. The van der Waals surface area contributed by atoms with Crippen LogP contribution in [-0.4, -0.2) is 12.1 Å². The van der Waals surface area contributed by atoms with E-state index in [0.717, 1.165) is 12.8 Å². The molecule has 0 bridgehead atoms. The Morgan fingerprint density at radius 2 is 2.00 bits per heavy atom. The van der Waals surface area contributed by atoms with Crippen LogP contribution in [0, 0.1) is 11.8 Å². The maximum Gasteiger partial charge on any atom is 0.302 e. The summed E-state index contributed by atoms with van der Waals surface area (Å²) in [6, 6.07) is 0. The lowest BCUT2D eigenvalue weighted by molar-refractivity contribution is -0.151. The van der Waals surface area contributed by atoms with Crippen molar-refractivity contribution in [3.8, 4) is 0 Å². The van der Waals surface area contributed by atoms with E-state index < -0.39 is 0 Å². The molecule has 2 nitrogen and oxygen atoms in total. The van der Waals surface area contributed by atoms with E-state index in [1.165, 1.54) is 18.9 Å². The quantitative estimate of drug-likeness (QED) is 0.501. The van der Waals surface area contributed by atoms with E-state index >= 15 is 0 Å². The van der Waals surface area contributed by atoms with E-state index in [0.29, 0.717) is 11.8 Å². The van der Waals surface area contributed by atoms with Gasteiger partial charge in [-0.15, -0.1) is 0 Å². The second-order valence-corrected chi connectivity index (χ2v) is 4.48. The number of hydrogen-bond donors (Lipinski definition) is 0. The van der Waals surface area contributed by atoms with Crippen LogP contribution in [0.3, 0.4) is 0 Å². The third-order valence-corrected chi connectivity index (χ3v) is 3.14. The zero-order chi connectivity index (χ0) is 10.7. The van der Waals surface area contributed by atoms with E-state index in [1.54, 1.807) is 0 Å². The summed E-state index contributed by atoms with van der Waals surface area (Å²) < 4.78 is 5.30. The molecule has 0 unspecified atom stereocenters. The van der Waals surface area contributed by atoms with Gasteiger partial charge in [0.1, 0.15) is 6.10 Å². The number of carbonyl (C=O) groups excluding carboxylic acids is 1. The highest BCUT2D eigenvalue weighted by Crippen LogP contribution is 2.34. The minimum atomic E-state index is -0.163. The molecular formula is C12H20O2. The number of carbonyl (C=O) groups is 1. The molecule has 0 spiro atoms. The summed E-state index contributed by atoms with van der Waals surface area (Å²) >= 11 is 0. The topological polar surface area (TPSA) is 26.3 Å². The highest BCUT2D eigenvalue weighted by molar-refractivity contribution is 5.66. The molecular weight excluding hydrogens is 176 g/mol. The smallest absolute Gasteiger partial charge is 0.302 e. The van der Waals surface area contributed by atoms with Gasteiger partial charge < -0.3 is 4.74 Å². The Kier molecular flexibility index (Phi) is 3.73. The molecule has 0 saturated heterocycles. The Morgan fingerprint density at radius 1 is 1.36 bits per heavy atom. The van der Waals surface area contributed by atoms with Crippen LogP contribution in [0.5, 0.6) is 0 Å². The molecule has 14 heavy (non-hydrogen) atoms. The van der Waals surface area contributed by atoms with Crippen LogP contribution in [0.2, 0.25) is 0 Å². The minimum absolute atomic E-state index is 0.1000. The van der Waals surface area contributed by atoms with Crippen molar-refractivity contribution in [2.24, 2.45) is 11.8 Å². The summed E-state index contributed by atoms with van der Waals surface area (Å²) in [6.07, 6.45) is 3.38. The molecule has 0 aromatic rings. The molecule has 1 aliphatic carbocycles. The van der Waals surface area contributed by atoms with Crippen molar-refractivity contribution in [2.45, 2.75) is 46.1 Å². The predicted octanol–water partition coefficient (Wildman–Crippen LogP) is 2.93. The van der Waals surface area contributed by atoms with Gasteiger partial charge in [-0.2, -0.15) is 0 Å². The molecule has 0 radical (unpaired) electrons. The van der Waals surface area contributed by atoms with E-state index in [9.17, 15) is 4.79 Å². The number of allylic oxidation sites excluding steroid dienone is 1. The molecule has 0 aromatic heterocycles. The first kappa shape index (κ1) is 11.3. The van der Waals surface area contributed by atoms with Crippen molar-refractivity contribution in [3.05, 3.63) is 12.2 Å². The first-order valence-electron chi connectivity index (χ1n) is 5.33. The van der Waals surface area contributed by atoms with Crippen LogP contribution in [0.4, 0.5) is 0 Å². The van der Waals surface area contributed by atoms with Gasteiger partial charge in [0.05, 0.1) is 0 Å². The maximum absolute atomic E-state index is 10.9. The normalized spacial score (nSPS) is 32.4. The Balaban J connectivity index is 2.55. The summed E-state index contributed by atoms with van der Waals surface area (Å²) in [7, 11) is 0. The van der Waals surface area contributed by atoms with E-state index in [2.05, 4.69) is 20.4 Å². The molecule has 0 amide bonds. The highest BCUT2D eigenvalue weighted by Gasteiger charge is 2.29. The fourth-order valence-corrected chi connectivity index (χ4v) is 2.11. The van der Waals surface area contributed by atoms with Crippen LogP contribution >= 0.6 is 0 Å². The second-order valence-electron chi connectivity index (χ2n) is 4.48. The second kappa shape index (κ2) is 4.63. The number of esters is 1. The van der Waals surface area contributed by atoms with Crippen LogP contribution in [-0.2, 0) is 9.53 Å². The Labute approximate surface area is 86.3 Å². The monoisotopic (exact) mass is 196 g/mol. The van der Waals surface area contributed by atoms with Crippen LogP contribution < -0.4 is 0 Å². The molecule has 1 fully saturated rings. The third kappa shape index (κ3) is 2.86. The molecule has 2 heteroatoms. The SMILES string of the molecule is C=C(C)[C@H]1CC[C@H](C)[C@H](OC(C)=O)C1. The van der Waals surface area contributed by atoms with Gasteiger partial charge in [0.2, 0.25) is 0 Å². The van der Waals surface area contributed by atoms with Crippen LogP contribution in [0.1, 0.15) is 40.0 Å². The van der Waals surface area contributed by atoms with Crippen LogP contribution in [0.15, 0.2) is 12.2 Å². The van der Waals surface area contributed by atoms with E-state index in [1.807, 2.05) is 0 Å². The lowest BCUT2D eigenvalue weighted by Gasteiger charge is -2.33. The van der Waals surface area contributed by atoms with Crippen molar-refractivity contribution < 1.29 is 9.53 Å². The standard InChI is InChI=1S/C12H20O2/c1-8(2)11-6-5-9(3)12(7-11)14-10(4)13/h9,11-12H,1,5-7H2,2-4H3/t9-,11-,12+/m0/s1. The number of hydrogen-bond acceptors (Lipinski definition) is 2. The number of ether oxygens (including phenoxy) is 1. The first-order valence-corrected chi connectivity index (χ1v) is 5.33. The van der Waals surface area contributed by atoms with Gasteiger partial charge in [-0.25, -0.2) is 0 Å². The average Bonchev–Trinajstić information content (AvgIpc) is 2.07. The maximum atomic E-state index is 10.9. The lowest BCUT2D eigenvalue weighted by Crippen LogP contribution is -2.31. The minimum Gasteiger partial charge on any atom is -0.462 e. The molecule has 1 aliphatic rings. The van der Waals surface area contributed by atoms with Crippen molar-refractivity contribution in [3.63, 3.8) is 0 Å².